The lowest BCUT2D eigenvalue weighted by Crippen LogP contribution is -2.47. The van der Waals surface area contributed by atoms with Crippen molar-refractivity contribution in [3.8, 4) is 0 Å². The standard InChI is InChI=1S/C19H22BrNO2/c1-23-19(22)17-9-16(15-4-2-3-5-18(15)20)12-8-13(17)11-21(10-12)14-6-7-14/h2-5,9,12-14,16H,6-8,10-11H2,1H3/t12-,13+,16-/m0/s1. The number of allylic oxidation sites excluding steroid dienone is 1. The summed E-state index contributed by atoms with van der Waals surface area (Å²) in [5.41, 5.74) is 2.17. The smallest absolute Gasteiger partial charge is 0.333 e. The molecule has 3 nitrogen and oxygen atoms in total. The molecule has 0 radical (unpaired) electrons. The molecule has 2 fully saturated rings. The Labute approximate surface area is 145 Å². The highest BCUT2D eigenvalue weighted by Gasteiger charge is 2.44. The predicted molar refractivity (Wildman–Crippen MR) is 93.2 cm³/mol. The number of ether oxygens (including phenoxy) is 1. The van der Waals surface area contributed by atoms with Crippen molar-refractivity contribution in [2.45, 2.75) is 31.2 Å². The first-order chi connectivity index (χ1) is 11.2. The van der Waals surface area contributed by atoms with Gasteiger partial charge in [-0.1, -0.05) is 40.2 Å². The van der Waals surface area contributed by atoms with Gasteiger partial charge in [-0.2, -0.15) is 0 Å². The molecule has 23 heavy (non-hydrogen) atoms. The molecular weight excluding hydrogens is 354 g/mol. The van der Waals surface area contributed by atoms with Gasteiger partial charge >= 0.3 is 5.97 Å². The third kappa shape index (κ3) is 2.87. The summed E-state index contributed by atoms with van der Waals surface area (Å²) in [6.07, 6.45) is 5.91. The molecule has 0 spiro atoms. The lowest BCUT2D eigenvalue weighted by atomic mass is 9.69. The van der Waals surface area contributed by atoms with E-state index in [-0.39, 0.29) is 11.9 Å². The molecule has 4 heteroatoms. The van der Waals surface area contributed by atoms with Gasteiger partial charge in [-0.25, -0.2) is 4.79 Å². The van der Waals surface area contributed by atoms with Gasteiger partial charge in [-0.15, -0.1) is 0 Å². The number of likely N-dealkylation sites (tertiary alicyclic amines) is 1. The highest BCUT2D eigenvalue weighted by molar-refractivity contribution is 9.10. The summed E-state index contributed by atoms with van der Waals surface area (Å²) >= 11 is 3.69. The molecule has 122 valence electrons. The summed E-state index contributed by atoms with van der Waals surface area (Å²) in [7, 11) is 1.49. The van der Waals surface area contributed by atoms with Crippen molar-refractivity contribution in [2.24, 2.45) is 11.8 Å². The van der Waals surface area contributed by atoms with E-state index >= 15 is 0 Å². The second kappa shape index (κ2) is 6.06. The zero-order chi connectivity index (χ0) is 16.0. The van der Waals surface area contributed by atoms with Gasteiger partial charge in [0, 0.05) is 41.0 Å². The van der Waals surface area contributed by atoms with E-state index in [4.69, 9.17) is 4.74 Å². The first kappa shape index (κ1) is 15.4. The second-order valence-corrected chi connectivity index (χ2v) is 7.89. The summed E-state index contributed by atoms with van der Waals surface area (Å²) in [6, 6.07) is 9.14. The molecule has 0 N–H and O–H groups in total. The number of halogens is 1. The molecule has 1 aromatic carbocycles. The monoisotopic (exact) mass is 375 g/mol. The summed E-state index contributed by atoms with van der Waals surface area (Å²) in [6.45, 7) is 2.17. The number of hydrogen-bond acceptors (Lipinski definition) is 3. The number of methoxy groups -OCH3 is 1. The van der Waals surface area contributed by atoms with Crippen molar-refractivity contribution < 1.29 is 9.53 Å². The van der Waals surface area contributed by atoms with Crippen LogP contribution < -0.4 is 0 Å². The van der Waals surface area contributed by atoms with Crippen LogP contribution in [0.2, 0.25) is 0 Å². The number of hydrogen-bond donors (Lipinski definition) is 0. The van der Waals surface area contributed by atoms with Crippen LogP contribution in [0.4, 0.5) is 0 Å². The van der Waals surface area contributed by atoms with Gasteiger partial charge in [0.25, 0.3) is 0 Å². The third-order valence-electron chi connectivity index (χ3n) is 5.57. The van der Waals surface area contributed by atoms with E-state index in [1.807, 2.05) is 6.07 Å². The maximum atomic E-state index is 12.3. The normalized spacial score (nSPS) is 30.7. The molecule has 4 rings (SSSR count). The summed E-state index contributed by atoms with van der Waals surface area (Å²) in [5.74, 6) is 1.06. The van der Waals surface area contributed by atoms with Gasteiger partial charge in [0.05, 0.1) is 7.11 Å². The zero-order valence-electron chi connectivity index (χ0n) is 13.4. The van der Waals surface area contributed by atoms with Crippen LogP contribution in [0.1, 0.15) is 30.7 Å². The van der Waals surface area contributed by atoms with Gasteiger partial charge in [-0.05, 0) is 36.8 Å². The topological polar surface area (TPSA) is 29.5 Å². The fourth-order valence-electron chi connectivity index (χ4n) is 4.30. The minimum Gasteiger partial charge on any atom is -0.466 e. The van der Waals surface area contributed by atoms with Crippen LogP contribution >= 0.6 is 15.9 Å². The Hall–Kier alpha value is -1.13. The maximum Gasteiger partial charge on any atom is 0.333 e. The van der Waals surface area contributed by atoms with Gasteiger partial charge in [0.1, 0.15) is 0 Å². The summed E-state index contributed by atoms with van der Waals surface area (Å²) in [4.78, 5) is 14.9. The van der Waals surface area contributed by atoms with E-state index in [1.165, 1.54) is 25.5 Å². The number of fused-ring (bicyclic) bond motifs is 2. The van der Waals surface area contributed by atoms with Crippen LogP contribution in [0.3, 0.4) is 0 Å². The number of carbonyl (C=O) groups excluding carboxylic acids is 1. The molecular formula is C19H22BrNO2. The molecule has 1 heterocycles. The molecule has 3 aliphatic rings. The van der Waals surface area contributed by atoms with Gasteiger partial charge in [0.2, 0.25) is 0 Å². The highest BCUT2D eigenvalue weighted by atomic mass is 79.9. The van der Waals surface area contributed by atoms with Gasteiger partial charge in [-0.3, -0.25) is 4.90 Å². The lowest BCUT2D eigenvalue weighted by molar-refractivity contribution is -0.137. The second-order valence-electron chi connectivity index (χ2n) is 7.04. The molecule has 0 amide bonds. The minimum absolute atomic E-state index is 0.150. The van der Waals surface area contributed by atoms with Crippen LogP contribution in [0, 0.1) is 11.8 Å². The number of carbonyl (C=O) groups is 1. The van der Waals surface area contributed by atoms with Crippen LogP contribution in [0.25, 0.3) is 0 Å². The lowest BCUT2D eigenvalue weighted by Gasteiger charge is -2.44. The number of piperidine rings is 1. The van der Waals surface area contributed by atoms with Gasteiger partial charge < -0.3 is 4.74 Å². The van der Waals surface area contributed by atoms with Gasteiger partial charge in [0.15, 0.2) is 0 Å². The molecule has 1 aliphatic heterocycles. The molecule has 1 aromatic rings. The van der Waals surface area contributed by atoms with E-state index in [1.54, 1.807) is 0 Å². The molecule has 0 aromatic heterocycles. The Morgan fingerprint density at radius 1 is 1.26 bits per heavy atom. The molecule has 1 saturated carbocycles. The zero-order valence-corrected chi connectivity index (χ0v) is 15.0. The van der Waals surface area contributed by atoms with Crippen molar-refractivity contribution in [1.82, 2.24) is 4.90 Å². The van der Waals surface area contributed by atoms with E-state index in [9.17, 15) is 4.79 Å². The SMILES string of the molecule is COC(=O)C1=C[C@H](c2ccccc2Br)[C@H]2C[C@@H]1CN(C1CC1)C2. The molecule has 0 unspecified atom stereocenters. The largest absolute Gasteiger partial charge is 0.466 e. The fraction of sp³-hybridized carbons (Fsp3) is 0.526. The van der Waals surface area contributed by atoms with Crippen molar-refractivity contribution >= 4 is 21.9 Å². The van der Waals surface area contributed by atoms with Crippen molar-refractivity contribution in [3.63, 3.8) is 0 Å². The van der Waals surface area contributed by atoms with Crippen molar-refractivity contribution in [3.05, 3.63) is 46.0 Å². The number of nitrogens with zero attached hydrogens (tertiary/aromatic N) is 1. The average Bonchev–Trinajstić information content (AvgIpc) is 3.40. The van der Waals surface area contributed by atoms with Crippen LogP contribution in [-0.4, -0.2) is 37.1 Å². The van der Waals surface area contributed by atoms with E-state index < -0.39 is 0 Å². The Kier molecular flexibility index (Phi) is 4.06. The molecule has 2 bridgehead atoms. The molecule has 2 aliphatic carbocycles. The van der Waals surface area contributed by atoms with Crippen molar-refractivity contribution in [1.29, 1.82) is 0 Å². The van der Waals surface area contributed by atoms with Crippen LogP contribution in [0.15, 0.2) is 40.4 Å². The Morgan fingerprint density at radius 2 is 2.04 bits per heavy atom. The fourth-order valence-corrected chi connectivity index (χ4v) is 4.85. The van der Waals surface area contributed by atoms with Crippen LogP contribution in [-0.2, 0) is 9.53 Å². The number of esters is 1. The Morgan fingerprint density at radius 3 is 2.74 bits per heavy atom. The minimum atomic E-state index is -0.150. The molecule has 3 atom stereocenters. The van der Waals surface area contributed by atoms with E-state index in [0.29, 0.717) is 11.8 Å². The maximum absolute atomic E-state index is 12.3. The number of benzene rings is 1. The van der Waals surface area contributed by atoms with Crippen molar-refractivity contribution in [2.75, 3.05) is 20.2 Å². The number of rotatable bonds is 3. The van der Waals surface area contributed by atoms with Crippen LogP contribution in [0.5, 0.6) is 0 Å². The predicted octanol–water partition coefficient (Wildman–Crippen LogP) is 3.75. The Balaban J connectivity index is 1.73. The molecule has 1 saturated heterocycles. The quantitative estimate of drug-likeness (QED) is 0.753. The summed E-state index contributed by atoms with van der Waals surface area (Å²) in [5, 5.41) is 0. The average molecular weight is 376 g/mol. The first-order valence-electron chi connectivity index (χ1n) is 8.46. The summed E-state index contributed by atoms with van der Waals surface area (Å²) < 4.78 is 6.20. The first-order valence-corrected chi connectivity index (χ1v) is 9.25. The van der Waals surface area contributed by atoms with E-state index in [2.05, 4.69) is 45.1 Å². The third-order valence-corrected chi connectivity index (χ3v) is 6.29. The highest BCUT2D eigenvalue weighted by Crippen LogP contribution is 2.46. The van der Waals surface area contributed by atoms with E-state index in [0.717, 1.165) is 35.6 Å². The Bertz CT molecular complexity index is 653.